The van der Waals surface area contributed by atoms with Crippen molar-refractivity contribution < 1.29 is 19.5 Å². The van der Waals surface area contributed by atoms with Crippen molar-refractivity contribution in [2.24, 2.45) is 0 Å². The fourth-order valence-corrected chi connectivity index (χ4v) is 3.71. The van der Waals surface area contributed by atoms with Crippen LogP contribution in [-0.2, 0) is 9.59 Å². The van der Waals surface area contributed by atoms with E-state index in [9.17, 15) is 19.2 Å². The van der Waals surface area contributed by atoms with Crippen LogP contribution < -0.4 is 5.56 Å². The molecule has 2 heterocycles. The van der Waals surface area contributed by atoms with Gasteiger partial charge in [-0.15, -0.1) is 0 Å². The number of amides is 2. The van der Waals surface area contributed by atoms with Crippen LogP contribution in [0.5, 0.6) is 0 Å². The lowest BCUT2D eigenvalue weighted by atomic mass is 10.1. The molecule has 0 radical (unpaired) electrons. The van der Waals surface area contributed by atoms with E-state index in [0.29, 0.717) is 37.9 Å². The molecule has 2 amide bonds. The van der Waals surface area contributed by atoms with Gasteiger partial charge in [-0.05, 0) is 36.8 Å². The maximum Gasteiger partial charge on any atom is 0.323 e. The van der Waals surface area contributed by atoms with Crippen LogP contribution in [-0.4, -0.2) is 63.4 Å². The number of carboxylic acid groups (broad SMARTS) is 1. The second-order valence-corrected chi connectivity index (χ2v) is 7.02. The molecule has 28 heavy (non-hydrogen) atoms. The molecule has 0 bridgehead atoms. The highest BCUT2D eigenvalue weighted by atomic mass is 16.4. The minimum atomic E-state index is -1.06. The number of nitrogens with zero attached hydrogens (tertiary/aromatic N) is 2. The first-order valence-electron chi connectivity index (χ1n) is 9.27. The van der Waals surface area contributed by atoms with Gasteiger partial charge in [0.15, 0.2) is 0 Å². The van der Waals surface area contributed by atoms with Crippen LogP contribution in [0, 0.1) is 0 Å². The van der Waals surface area contributed by atoms with Crippen molar-refractivity contribution in [3.05, 3.63) is 46.2 Å². The molecule has 1 atom stereocenters. The second-order valence-electron chi connectivity index (χ2n) is 7.02. The molecule has 1 aromatic heterocycles. The molecule has 0 aliphatic carbocycles. The number of benzene rings is 1. The number of aromatic amines is 1. The zero-order valence-corrected chi connectivity index (χ0v) is 15.7. The molecule has 1 unspecified atom stereocenters. The molecule has 1 aliphatic heterocycles. The number of hydrogen-bond donors (Lipinski definition) is 2. The topological polar surface area (TPSA) is 111 Å². The standard InChI is InChI=1S/C20H23N3O5/c1-13(24)23(12-18(25)26)15-6-4-9-22(10-8-15)20(28)16-11-14-5-2-3-7-17(14)21-19(16)27/h2-3,5,7,11,15H,4,6,8-10,12H2,1H3,(H,21,27)(H,25,26). The Morgan fingerprint density at radius 1 is 1.21 bits per heavy atom. The Balaban J connectivity index is 1.77. The molecule has 2 aromatic rings. The number of pyridine rings is 1. The SMILES string of the molecule is CC(=O)N(CC(=O)O)C1CCCN(C(=O)c2cc3ccccc3[nH]c2=O)CC1. The smallest absolute Gasteiger partial charge is 0.323 e. The zero-order chi connectivity index (χ0) is 20.3. The third-order valence-corrected chi connectivity index (χ3v) is 5.12. The molecule has 1 aliphatic rings. The number of rotatable bonds is 4. The van der Waals surface area contributed by atoms with Crippen LogP contribution in [0.25, 0.3) is 10.9 Å². The summed E-state index contributed by atoms with van der Waals surface area (Å²) in [5.41, 5.74) is 0.331. The van der Waals surface area contributed by atoms with Crippen LogP contribution in [0.15, 0.2) is 35.1 Å². The summed E-state index contributed by atoms with van der Waals surface area (Å²) in [5, 5.41) is 9.82. The fourth-order valence-electron chi connectivity index (χ4n) is 3.71. The number of nitrogens with one attached hydrogen (secondary N) is 1. The van der Waals surface area contributed by atoms with Crippen LogP contribution in [0.1, 0.15) is 36.5 Å². The largest absolute Gasteiger partial charge is 0.480 e. The summed E-state index contributed by atoms with van der Waals surface area (Å²) in [5.74, 6) is -1.70. The van der Waals surface area contributed by atoms with Crippen LogP contribution in [0.4, 0.5) is 0 Å². The third kappa shape index (κ3) is 4.21. The van der Waals surface area contributed by atoms with E-state index in [2.05, 4.69) is 4.98 Å². The predicted molar refractivity (Wildman–Crippen MR) is 103 cm³/mol. The summed E-state index contributed by atoms with van der Waals surface area (Å²) in [7, 11) is 0. The average Bonchev–Trinajstić information content (AvgIpc) is 2.90. The summed E-state index contributed by atoms with van der Waals surface area (Å²) >= 11 is 0. The zero-order valence-electron chi connectivity index (χ0n) is 15.7. The first-order chi connectivity index (χ1) is 13.4. The molecule has 8 heteroatoms. The van der Waals surface area contributed by atoms with Gasteiger partial charge in [0.05, 0.1) is 0 Å². The van der Waals surface area contributed by atoms with E-state index in [4.69, 9.17) is 5.11 Å². The van der Waals surface area contributed by atoms with Gasteiger partial charge in [0.25, 0.3) is 11.5 Å². The highest BCUT2D eigenvalue weighted by molar-refractivity contribution is 5.97. The maximum atomic E-state index is 12.9. The molecular weight excluding hydrogens is 362 g/mol. The number of fused-ring (bicyclic) bond motifs is 1. The minimum Gasteiger partial charge on any atom is -0.480 e. The van der Waals surface area contributed by atoms with Crippen molar-refractivity contribution >= 4 is 28.7 Å². The van der Waals surface area contributed by atoms with Gasteiger partial charge in [0.1, 0.15) is 12.1 Å². The van der Waals surface area contributed by atoms with Crippen molar-refractivity contribution in [1.82, 2.24) is 14.8 Å². The summed E-state index contributed by atoms with van der Waals surface area (Å²) in [4.78, 5) is 53.9. The predicted octanol–water partition coefficient (Wildman–Crippen LogP) is 1.46. The van der Waals surface area contributed by atoms with Gasteiger partial charge < -0.3 is 19.9 Å². The number of para-hydroxylation sites is 1. The van der Waals surface area contributed by atoms with Crippen LogP contribution in [0.3, 0.4) is 0 Å². The number of carbonyl (C=O) groups is 3. The summed E-state index contributed by atoms with van der Waals surface area (Å²) in [6, 6.07) is 8.63. The molecule has 0 spiro atoms. The van der Waals surface area contributed by atoms with Gasteiger partial charge in [-0.25, -0.2) is 0 Å². The van der Waals surface area contributed by atoms with Crippen molar-refractivity contribution in [2.45, 2.75) is 32.2 Å². The summed E-state index contributed by atoms with van der Waals surface area (Å²) in [6.07, 6.45) is 1.72. The van der Waals surface area contributed by atoms with E-state index in [1.165, 1.54) is 11.8 Å². The first kappa shape index (κ1) is 19.6. The monoisotopic (exact) mass is 385 g/mol. The Morgan fingerprint density at radius 2 is 1.96 bits per heavy atom. The second kappa shape index (κ2) is 8.24. The highest BCUT2D eigenvalue weighted by Crippen LogP contribution is 2.19. The number of H-pyrrole nitrogens is 1. The van der Waals surface area contributed by atoms with Crippen LogP contribution >= 0.6 is 0 Å². The lowest BCUT2D eigenvalue weighted by Crippen LogP contribution is -2.43. The molecule has 8 nitrogen and oxygen atoms in total. The van der Waals surface area contributed by atoms with E-state index < -0.39 is 11.5 Å². The summed E-state index contributed by atoms with van der Waals surface area (Å²) < 4.78 is 0. The van der Waals surface area contributed by atoms with E-state index in [1.54, 1.807) is 17.0 Å². The van der Waals surface area contributed by atoms with Gasteiger partial charge in [-0.1, -0.05) is 18.2 Å². The van der Waals surface area contributed by atoms with Gasteiger partial charge in [0.2, 0.25) is 5.91 Å². The van der Waals surface area contributed by atoms with Crippen molar-refractivity contribution in [3.8, 4) is 0 Å². The van der Waals surface area contributed by atoms with Crippen molar-refractivity contribution in [2.75, 3.05) is 19.6 Å². The number of carboxylic acids is 1. The van der Waals surface area contributed by atoms with E-state index in [1.807, 2.05) is 18.2 Å². The third-order valence-electron chi connectivity index (χ3n) is 5.12. The van der Waals surface area contributed by atoms with Crippen LogP contribution in [0.2, 0.25) is 0 Å². The van der Waals surface area contributed by atoms with Gasteiger partial charge in [-0.3, -0.25) is 19.2 Å². The Labute approximate surface area is 161 Å². The van der Waals surface area contributed by atoms with Crippen molar-refractivity contribution in [3.63, 3.8) is 0 Å². The lowest BCUT2D eigenvalue weighted by molar-refractivity contribution is -0.145. The molecular formula is C20H23N3O5. The minimum absolute atomic E-state index is 0.0890. The highest BCUT2D eigenvalue weighted by Gasteiger charge is 2.28. The number of aromatic nitrogens is 1. The molecule has 148 valence electrons. The Kier molecular flexibility index (Phi) is 5.77. The Morgan fingerprint density at radius 3 is 2.68 bits per heavy atom. The molecule has 0 saturated carbocycles. The molecule has 2 N–H and O–H groups in total. The van der Waals surface area contributed by atoms with E-state index in [-0.39, 0.29) is 30.0 Å². The van der Waals surface area contributed by atoms with Gasteiger partial charge in [0, 0.05) is 31.6 Å². The average molecular weight is 385 g/mol. The number of likely N-dealkylation sites (tertiary alicyclic amines) is 1. The Hall–Kier alpha value is -3.16. The fraction of sp³-hybridized carbons (Fsp3) is 0.400. The quantitative estimate of drug-likeness (QED) is 0.828. The first-order valence-corrected chi connectivity index (χ1v) is 9.27. The Bertz CT molecular complexity index is 968. The number of hydrogen-bond acceptors (Lipinski definition) is 4. The molecule has 1 aromatic carbocycles. The molecule has 1 fully saturated rings. The number of aliphatic carboxylic acids is 1. The normalized spacial score (nSPS) is 17.2. The maximum absolute atomic E-state index is 12.9. The molecule has 1 saturated heterocycles. The van der Waals surface area contributed by atoms with E-state index >= 15 is 0 Å². The van der Waals surface area contributed by atoms with Gasteiger partial charge in [-0.2, -0.15) is 0 Å². The van der Waals surface area contributed by atoms with Crippen molar-refractivity contribution in [1.29, 1.82) is 0 Å². The lowest BCUT2D eigenvalue weighted by Gasteiger charge is -2.28. The van der Waals surface area contributed by atoms with Gasteiger partial charge >= 0.3 is 5.97 Å². The summed E-state index contributed by atoms with van der Waals surface area (Å²) in [6.45, 7) is 1.82. The van der Waals surface area contributed by atoms with E-state index in [0.717, 1.165) is 5.39 Å². The molecule has 3 rings (SSSR count). The number of carbonyl (C=O) groups excluding carboxylic acids is 2.